The minimum Gasteiger partial charge on any atom is -0.497 e. The molecule has 7 nitrogen and oxygen atoms in total. The normalized spacial score (nSPS) is 12.0. The van der Waals surface area contributed by atoms with E-state index in [1.54, 1.807) is 14.0 Å². The summed E-state index contributed by atoms with van der Waals surface area (Å²) in [6, 6.07) is 11.6. The SMILES string of the molecule is COc1ccc(-c2nonc2NC(=O)C(C)Oc2cc(C)ccc2C(C)C)c(C)c1. The number of aromatic nitrogens is 2. The van der Waals surface area contributed by atoms with Gasteiger partial charge in [-0.3, -0.25) is 4.79 Å². The molecule has 0 fully saturated rings. The van der Waals surface area contributed by atoms with Gasteiger partial charge in [0.05, 0.1) is 7.11 Å². The van der Waals surface area contributed by atoms with Gasteiger partial charge in [0.2, 0.25) is 5.82 Å². The molecule has 0 radical (unpaired) electrons. The lowest BCUT2D eigenvalue weighted by atomic mass is 10.0. The largest absolute Gasteiger partial charge is 0.497 e. The van der Waals surface area contributed by atoms with E-state index in [0.29, 0.717) is 11.4 Å². The van der Waals surface area contributed by atoms with Gasteiger partial charge < -0.3 is 14.8 Å². The van der Waals surface area contributed by atoms with Crippen LogP contribution < -0.4 is 14.8 Å². The standard InChI is InChI=1S/C23H27N3O4/c1-13(2)18-9-7-14(3)11-20(18)29-16(5)23(27)24-22-21(25-30-26-22)19-10-8-17(28-6)12-15(19)4/h7-13,16H,1-6H3,(H,24,26,27). The van der Waals surface area contributed by atoms with Gasteiger partial charge in [0, 0.05) is 5.56 Å². The number of nitrogens with zero attached hydrogens (tertiary/aromatic N) is 2. The average molecular weight is 409 g/mol. The Morgan fingerprint density at radius 3 is 2.50 bits per heavy atom. The Hall–Kier alpha value is -3.35. The fourth-order valence-electron chi connectivity index (χ4n) is 3.16. The summed E-state index contributed by atoms with van der Waals surface area (Å²) in [5.41, 5.74) is 4.29. The molecule has 1 atom stereocenters. The van der Waals surface area contributed by atoms with Crippen LogP contribution in [0.3, 0.4) is 0 Å². The topological polar surface area (TPSA) is 86.5 Å². The van der Waals surface area contributed by atoms with E-state index in [9.17, 15) is 4.79 Å². The maximum absolute atomic E-state index is 12.8. The molecule has 158 valence electrons. The molecular formula is C23H27N3O4. The molecule has 1 unspecified atom stereocenters. The second-order valence-electron chi connectivity index (χ2n) is 7.59. The van der Waals surface area contributed by atoms with Crippen molar-refractivity contribution < 1.29 is 18.9 Å². The van der Waals surface area contributed by atoms with E-state index in [2.05, 4.69) is 29.5 Å². The molecule has 3 rings (SSSR count). The Morgan fingerprint density at radius 1 is 1.07 bits per heavy atom. The number of ether oxygens (including phenoxy) is 2. The smallest absolute Gasteiger partial charge is 0.266 e. The Balaban J connectivity index is 1.78. The first kappa shape index (κ1) is 21.4. The number of rotatable bonds is 7. The predicted octanol–water partition coefficient (Wildman–Crippen LogP) is 4.89. The van der Waals surface area contributed by atoms with E-state index >= 15 is 0 Å². The monoisotopic (exact) mass is 409 g/mol. The van der Waals surface area contributed by atoms with Gasteiger partial charge in [-0.25, -0.2) is 4.63 Å². The van der Waals surface area contributed by atoms with Crippen molar-refractivity contribution in [3.05, 3.63) is 53.1 Å². The molecule has 30 heavy (non-hydrogen) atoms. The van der Waals surface area contributed by atoms with Crippen LogP contribution in [0.25, 0.3) is 11.3 Å². The van der Waals surface area contributed by atoms with Crippen molar-refractivity contribution in [2.45, 2.75) is 46.6 Å². The first-order valence-electron chi connectivity index (χ1n) is 9.85. The third-order valence-corrected chi connectivity index (χ3v) is 4.88. The maximum Gasteiger partial charge on any atom is 0.266 e. The van der Waals surface area contributed by atoms with Crippen LogP contribution in [0.15, 0.2) is 41.0 Å². The van der Waals surface area contributed by atoms with E-state index in [4.69, 9.17) is 14.1 Å². The lowest BCUT2D eigenvalue weighted by Gasteiger charge is -2.19. The molecule has 0 bridgehead atoms. The van der Waals surface area contributed by atoms with Gasteiger partial charge >= 0.3 is 0 Å². The minimum atomic E-state index is -0.731. The van der Waals surface area contributed by atoms with Crippen LogP contribution in [0, 0.1) is 13.8 Å². The Labute approximate surface area is 176 Å². The molecule has 2 aromatic carbocycles. The second-order valence-corrected chi connectivity index (χ2v) is 7.59. The highest BCUT2D eigenvalue weighted by Gasteiger charge is 2.22. The van der Waals surface area contributed by atoms with Crippen LogP contribution in [0.5, 0.6) is 11.5 Å². The van der Waals surface area contributed by atoms with E-state index in [1.807, 2.05) is 50.2 Å². The number of benzene rings is 2. The zero-order valence-corrected chi connectivity index (χ0v) is 18.1. The van der Waals surface area contributed by atoms with Crippen molar-refractivity contribution in [1.82, 2.24) is 10.3 Å². The van der Waals surface area contributed by atoms with Crippen LogP contribution in [0.4, 0.5) is 5.82 Å². The molecule has 1 N–H and O–H groups in total. The molecule has 0 aliphatic carbocycles. The van der Waals surface area contributed by atoms with Crippen LogP contribution >= 0.6 is 0 Å². The van der Waals surface area contributed by atoms with Crippen LogP contribution in [-0.4, -0.2) is 29.4 Å². The van der Waals surface area contributed by atoms with E-state index in [0.717, 1.165) is 28.0 Å². The van der Waals surface area contributed by atoms with Crippen LogP contribution in [-0.2, 0) is 4.79 Å². The number of methoxy groups -OCH3 is 1. The highest BCUT2D eigenvalue weighted by molar-refractivity contribution is 5.96. The Morgan fingerprint density at radius 2 is 1.83 bits per heavy atom. The lowest BCUT2D eigenvalue weighted by Crippen LogP contribution is -2.30. The van der Waals surface area contributed by atoms with Crippen molar-refractivity contribution in [2.24, 2.45) is 0 Å². The first-order valence-corrected chi connectivity index (χ1v) is 9.85. The molecule has 1 amide bonds. The summed E-state index contributed by atoms with van der Waals surface area (Å²) in [7, 11) is 1.61. The van der Waals surface area contributed by atoms with Crippen molar-refractivity contribution in [3.63, 3.8) is 0 Å². The molecule has 7 heteroatoms. The van der Waals surface area contributed by atoms with Gasteiger partial charge in [0.1, 0.15) is 11.5 Å². The van der Waals surface area contributed by atoms with Gasteiger partial charge in [-0.2, -0.15) is 0 Å². The molecule has 1 heterocycles. The van der Waals surface area contributed by atoms with Gasteiger partial charge in [-0.05, 0) is 78.0 Å². The number of hydrogen-bond donors (Lipinski definition) is 1. The zero-order valence-electron chi connectivity index (χ0n) is 18.1. The summed E-state index contributed by atoms with van der Waals surface area (Å²) in [6.45, 7) is 9.80. The summed E-state index contributed by atoms with van der Waals surface area (Å²) in [5.74, 6) is 1.63. The highest BCUT2D eigenvalue weighted by Crippen LogP contribution is 2.31. The van der Waals surface area contributed by atoms with Crippen LogP contribution in [0.2, 0.25) is 0 Å². The van der Waals surface area contributed by atoms with Gasteiger partial charge in [0.25, 0.3) is 5.91 Å². The maximum atomic E-state index is 12.8. The second kappa shape index (κ2) is 8.98. The molecule has 3 aromatic rings. The number of anilines is 1. The number of carbonyl (C=O) groups is 1. The van der Waals surface area contributed by atoms with Gasteiger partial charge in [0.15, 0.2) is 11.8 Å². The number of amides is 1. The van der Waals surface area contributed by atoms with Gasteiger partial charge in [-0.15, -0.1) is 0 Å². The molecule has 1 aromatic heterocycles. The fraction of sp³-hybridized carbons (Fsp3) is 0.348. The molecular weight excluding hydrogens is 382 g/mol. The highest BCUT2D eigenvalue weighted by atomic mass is 16.6. The van der Waals surface area contributed by atoms with Crippen molar-refractivity contribution in [3.8, 4) is 22.8 Å². The molecule has 0 saturated heterocycles. The summed E-state index contributed by atoms with van der Waals surface area (Å²) < 4.78 is 16.1. The number of hydrogen-bond acceptors (Lipinski definition) is 6. The quantitative estimate of drug-likeness (QED) is 0.598. The van der Waals surface area contributed by atoms with E-state index < -0.39 is 6.10 Å². The van der Waals surface area contributed by atoms with Crippen molar-refractivity contribution in [2.75, 3.05) is 12.4 Å². The van der Waals surface area contributed by atoms with E-state index in [1.165, 1.54) is 0 Å². The summed E-state index contributed by atoms with van der Waals surface area (Å²) in [4.78, 5) is 12.8. The first-order chi connectivity index (χ1) is 14.3. The predicted molar refractivity (Wildman–Crippen MR) is 115 cm³/mol. The summed E-state index contributed by atoms with van der Waals surface area (Å²) in [6.07, 6.45) is -0.731. The Kier molecular flexibility index (Phi) is 6.40. The molecule has 0 aliphatic rings. The molecule has 0 spiro atoms. The van der Waals surface area contributed by atoms with Crippen LogP contribution in [0.1, 0.15) is 43.4 Å². The third-order valence-electron chi connectivity index (χ3n) is 4.88. The summed E-state index contributed by atoms with van der Waals surface area (Å²) in [5, 5.41) is 10.6. The number of nitrogens with one attached hydrogen (secondary N) is 1. The summed E-state index contributed by atoms with van der Waals surface area (Å²) >= 11 is 0. The Bertz CT molecular complexity index is 1040. The lowest BCUT2D eigenvalue weighted by molar-refractivity contribution is -0.122. The average Bonchev–Trinajstić information content (AvgIpc) is 3.15. The molecule has 0 saturated carbocycles. The van der Waals surface area contributed by atoms with E-state index in [-0.39, 0.29) is 17.6 Å². The minimum absolute atomic E-state index is 0.247. The third kappa shape index (κ3) is 4.62. The van der Waals surface area contributed by atoms with Crippen molar-refractivity contribution in [1.29, 1.82) is 0 Å². The van der Waals surface area contributed by atoms with Gasteiger partial charge in [-0.1, -0.05) is 26.0 Å². The zero-order chi connectivity index (χ0) is 21.8. The fourth-order valence-corrected chi connectivity index (χ4v) is 3.16. The molecule has 0 aliphatic heterocycles. The number of aryl methyl sites for hydroxylation is 2. The van der Waals surface area contributed by atoms with Crippen molar-refractivity contribution >= 4 is 11.7 Å². The number of carbonyl (C=O) groups excluding carboxylic acids is 1.